The molecule has 1 rings (SSSR count). The molecular weight excluding hydrogens is 166 g/mol. The lowest BCUT2D eigenvalue weighted by atomic mass is 10.3. The zero-order valence-corrected chi connectivity index (χ0v) is 6.61. The maximum Gasteiger partial charge on any atom is 0.167 e. The Labute approximate surface area is 68.4 Å². The zero-order chi connectivity index (χ0) is 8.43. The summed E-state index contributed by atoms with van der Waals surface area (Å²) in [6, 6.07) is 0. The smallest absolute Gasteiger partial charge is 0.167 e. The van der Waals surface area contributed by atoms with Crippen LogP contribution in [0.15, 0.2) is 0 Å². The summed E-state index contributed by atoms with van der Waals surface area (Å²) in [4.78, 5) is 23.3. The van der Waals surface area contributed by atoms with E-state index in [1.54, 1.807) is 6.92 Å². The van der Waals surface area contributed by atoms with Crippen molar-refractivity contribution >= 4 is 24.2 Å². The standard InChI is InChI=1S/C7H6ClNO2/c1-4-5(2-10)7(8)6(3-11)9-4/h2-3,9H,1H3. The van der Waals surface area contributed by atoms with Gasteiger partial charge in [-0.3, -0.25) is 9.59 Å². The van der Waals surface area contributed by atoms with Crippen LogP contribution in [0.1, 0.15) is 26.5 Å². The molecule has 0 fully saturated rings. The maximum atomic E-state index is 10.4. The van der Waals surface area contributed by atoms with Gasteiger partial charge in [0.15, 0.2) is 12.6 Å². The van der Waals surface area contributed by atoms with Crippen LogP contribution in [0.4, 0.5) is 0 Å². The van der Waals surface area contributed by atoms with Crippen LogP contribution in [0.2, 0.25) is 5.02 Å². The third-order valence-corrected chi connectivity index (χ3v) is 1.84. The number of aldehydes is 2. The molecule has 0 aliphatic heterocycles. The second-order valence-corrected chi connectivity index (χ2v) is 2.50. The van der Waals surface area contributed by atoms with Crippen LogP contribution in [-0.4, -0.2) is 17.6 Å². The highest BCUT2D eigenvalue weighted by Gasteiger charge is 2.10. The molecule has 0 aliphatic carbocycles. The van der Waals surface area contributed by atoms with Gasteiger partial charge in [0.25, 0.3) is 0 Å². The number of aryl methyl sites for hydroxylation is 1. The summed E-state index contributed by atoms with van der Waals surface area (Å²) in [6.07, 6.45) is 1.21. The summed E-state index contributed by atoms with van der Waals surface area (Å²) >= 11 is 5.64. The summed E-state index contributed by atoms with van der Waals surface area (Å²) in [5, 5.41) is 0.201. The van der Waals surface area contributed by atoms with Gasteiger partial charge in [0.2, 0.25) is 0 Å². The van der Waals surface area contributed by atoms with Crippen LogP contribution in [0.25, 0.3) is 0 Å². The summed E-state index contributed by atoms with van der Waals surface area (Å²) in [5.74, 6) is 0. The predicted octanol–water partition coefficient (Wildman–Crippen LogP) is 1.60. The number of hydrogen-bond acceptors (Lipinski definition) is 2. The molecule has 4 heteroatoms. The fourth-order valence-electron chi connectivity index (χ4n) is 0.855. The average Bonchev–Trinajstić information content (AvgIpc) is 2.26. The molecule has 0 aromatic carbocycles. The maximum absolute atomic E-state index is 10.4. The molecular formula is C7H6ClNO2. The summed E-state index contributed by atoms with van der Waals surface area (Å²) in [6.45, 7) is 1.68. The average molecular weight is 172 g/mol. The minimum atomic E-state index is 0.201. The molecule has 0 spiro atoms. The Morgan fingerprint density at radius 2 is 2.00 bits per heavy atom. The van der Waals surface area contributed by atoms with E-state index in [1.165, 1.54) is 0 Å². The minimum Gasteiger partial charge on any atom is -0.355 e. The monoisotopic (exact) mass is 171 g/mol. The number of halogens is 1. The molecule has 0 saturated heterocycles. The molecule has 1 aromatic rings. The summed E-state index contributed by atoms with van der Waals surface area (Å²) in [7, 11) is 0. The van der Waals surface area contributed by atoms with Gasteiger partial charge < -0.3 is 4.98 Å². The minimum absolute atomic E-state index is 0.201. The van der Waals surface area contributed by atoms with Gasteiger partial charge in [-0.1, -0.05) is 11.6 Å². The van der Waals surface area contributed by atoms with Gasteiger partial charge in [-0.25, -0.2) is 0 Å². The van der Waals surface area contributed by atoms with Gasteiger partial charge in [0, 0.05) is 5.69 Å². The van der Waals surface area contributed by atoms with E-state index in [2.05, 4.69) is 4.98 Å². The normalized spacial score (nSPS) is 9.64. The predicted molar refractivity (Wildman–Crippen MR) is 41.3 cm³/mol. The Bertz CT molecular complexity index is 304. The molecule has 0 aliphatic rings. The molecule has 1 N–H and O–H groups in total. The third kappa shape index (κ3) is 1.19. The van der Waals surface area contributed by atoms with Crippen molar-refractivity contribution in [2.24, 2.45) is 0 Å². The van der Waals surface area contributed by atoms with E-state index in [9.17, 15) is 9.59 Å². The van der Waals surface area contributed by atoms with Crippen molar-refractivity contribution in [1.29, 1.82) is 0 Å². The van der Waals surface area contributed by atoms with Gasteiger partial charge in [0.05, 0.1) is 16.3 Å². The van der Waals surface area contributed by atoms with Crippen molar-refractivity contribution in [3.63, 3.8) is 0 Å². The van der Waals surface area contributed by atoms with E-state index in [4.69, 9.17) is 11.6 Å². The first kappa shape index (κ1) is 8.01. The highest BCUT2D eigenvalue weighted by molar-refractivity contribution is 6.35. The molecule has 58 valence electrons. The number of aromatic amines is 1. The molecule has 11 heavy (non-hydrogen) atoms. The van der Waals surface area contributed by atoms with Crippen LogP contribution < -0.4 is 0 Å². The molecule has 0 atom stereocenters. The van der Waals surface area contributed by atoms with Crippen molar-refractivity contribution in [1.82, 2.24) is 4.98 Å². The van der Waals surface area contributed by atoms with E-state index in [0.717, 1.165) is 0 Å². The molecule has 3 nitrogen and oxygen atoms in total. The van der Waals surface area contributed by atoms with Crippen LogP contribution >= 0.6 is 11.6 Å². The second kappa shape index (κ2) is 2.88. The third-order valence-electron chi connectivity index (χ3n) is 1.43. The lowest BCUT2D eigenvalue weighted by Gasteiger charge is -1.84. The fourth-order valence-corrected chi connectivity index (χ4v) is 1.13. The van der Waals surface area contributed by atoms with E-state index in [-0.39, 0.29) is 10.7 Å². The number of carbonyl (C=O) groups is 2. The van der Waals surface area contributed by atoms with Crippen molar-refractivity contribution in [2.45, 2.75) is 6.92 Å². The Balaban J connectivity index is 3.35. The summed E-state index contributed by atoms with van der Waals surface area (Å²) in [5.41, 5.74) is 1.23. The first-order valence-corrected chi connectivity index (χ1v) is 3.37. The lowest BCUT2D eigenvalue weighted by Crippen LogP contribution is -1.79. The quantitative estimate of drug-likeness (QED) is 0.688. The Hall–Kier alpha value is -1.09. The largest absolute Gasteiger partial charge is 0.355 e. The number of nitrogens with one attached hydrogen (secondary N) is 1. The molecule has 0 amide bonds. The van der Waals surface area contributed by atoms with Gasteiger partial charge in [-0.15, -0.1) is 0 Å². The van der Waals surface area contributed by atoms with Crippen LogP contribution in [0.5, 0.6) is 0 Å². The molecule has 1 aromatic heterocycles. The Kier molecular flexibility index (Phi) is 2.10. The highest BCUT2D eigenvalue weighted by atomic mass is 35.5. The topological polar surface area (TPSA) is 49.9 Å². The van der Waals surface area contributed by atoms with Crippen molar-refractivity contribution in [3.8, 4) is 0 Å². The van der Waals surface area contributed by atoms with Gasteiger partial charge in [-0.2, -0.15) is 0 Å². The first-order valence-electron chi connectivity index (χ1n) is 2.99. The van der Waals surface area contributed by atoms with Crippen LogP contribution in [0, 0.1) is 6.92 Å². The first-order chi connectivity index (χ1) is 5.20. The molecule has 0 saturated carbocycles. The summed E-state index contributed by atoms with van der Waals surface area (Å²) < 4.78 is 0. The van der Waals surface area contributed by atoms with Gasteiger partial charge >= 0.3 is 0 Å². The molecule has 0 radical (unpaired) electrons. The van der Waals surface area contributed by atoms with Crippen molar-refractivity contribution < 1.29 is 9.59 Å². The Morgan fingerprint density at radius 1 is 1.36 bits per heavy atom. The molecule has 0 unspecified atom stereocenters. The number of rotatable bonds is 2. The number of carbonyl (C=O) groups excluding carboxylic acids is 2. The Morgan fingerprint density at radius 3 is 2.27 bits per heavy atom. The second-order valence-electron chi connectivity index (χ2n) is 2.13. The van der Waals surface area contributed by atoms with Crippen LogP contribution in [0.3, 0.4) is 0 Å². The highest BCUT2D eigenvalue weighted by Crippen LogP contribution is 2.20. The van der Waals surface area contributed by atoms with E-state index in [0.29, 0.717) is 23.8 Å². The fraction of sp³-hybridized carbons (Fsp3) is 0.143. The molecule has 1 heterocycles. The van der Waals surface area contributed by atoms with Crippen molar-refractivity contribution in [2.75, 3.05) is 0 Å². The zero-order valence-electron chi connectivity index (χ0n) is 5.85. The van der Waals surface area contributed by atoms with Gasteiger partial charge in [-0.05, 0) is 6.92 Å². The number of aromatic nitrogens is 1. The van der Waals surface area contributed by atoms with Crippen molar-refractivity contribution in [3.05, 3.63) is 22.0 Å². The molecule has 0 bridgehead atoms. The lowest BCUT2D eigenvalue weighted by molar-refractivity contribution is 0.111. The number of hydrogen-bond donors (Lipinski definition) is 1. The van der Waals surface area contributed by atoms with E-state index < -0.39 is 0 Å². The SMILES string of the molecule is Cc1[nH]c(C=O)c(Cl)c1C=O. The van der Waals surface area contributed by atoms with Crippen LogP contribution in [-0.2, 0) is 0 Å². The van der Waals surface area contributed by atoms with E-state index >= 15 is 0 Å². The number of H-pyrrole nitrogens is 1. The van der Waals surface area contributed by atoms with Gasteiger partial charge in [0.1, 0.15) is 0 Å². The van der Waals surface area contributed by atoms with E-state index in [1.807, 2.05) is 0 Å².